The van der Waals surface area contributed by atoms with E-state index in [0.717, 1.165) is 0 Å². The molecule has 2 aromatic heterocycles. The lowest BCUT2D eigenvalue weighted by Crippen LogP contribution is -2.06. The molecule has 0 amide bonds. The van der Waals surface area contributed by atoms with Crippen LogP contribution in [0.25, 0.3) is 0 Å². The van der Waals surface area contributed by atoms with Crippen LogP contribution in [0.5, 0.6) is 23.5 Å². The van der Waals surface area contributed by atoms with Crippen LogP contribution in [0.4, 0.5) is 5.82 Å². The summed E-state index contributed by atoms with van der Waals surface area (Å²) in [5, 5.41) is 9.08. The summed E-state index contributed by atoms with van der Waals surface area (Å²) in [6, 6.07) is 4.08. The Bertz CT molecular complexity index is 654. The van der Waals surface area contributed by atoms with Crippen molar-refractivity contribution in [3.63, 3.8) is 0 Å². The molecule has 0 saturated carbocycles. The number of ether oxygens (including phenoxy) is 3. The lowest BCUT2D eigenvalue weighted by atomic mass is 10.3. The number of carboxylic acid groups (broad SMARTS) is 1. The van der Waals surface area contributed by atoms with E-state index in [-0.39, 0.29) is 35.0 Å². The fourth-order valence-electron chi connectivity index (χ4n) is 1.43. The molecular weight excluding hydrogens is 280 g/mol. The Labute approximate surface area is 119 Å². The molecule has 0 atom stereocenters. The lowest BCUT2D eigenvalue weighted by Gasteiger charge is -2.09. The molecule has 0 aliphatic carbocycles. The molecule has 0 aromatic carbocycles. The van der Waals surface area contributed by atoms with E-state index in [2.05, 4.69) is 15.0 Å². The smallest absolute Gasteiger partial charge is 0.358 e. The number of nitrogens with two attached hydrogens (primary N) is 1. The van der Waals surface area contributed by atoms with Crippen LogP contribution in [-0.4, -0.2) is 40.2 Å². The zero-order chi connectivity index (χ0) is 15.4. The molecule has 0 saturated heterocycles. The number of aromatic carboxylic acids is 1. The molecule has 3 N–H and O–H groups in total. The number of hydrogen-bond donors (Lipinski definition) is 2. The molecule has 21 heavy (non-hydrogen) atoms. The molecule has 0 aliphatic heterocycles. The molecule has 0 bridgehead atoms. The van der Waals surface area contributed by atoms with Crippen molar-refractivity contribution >= 4 is 11.8 Å². The Kier molecular flexibility index (Phi) is 4.02. The predicted octanol–water partition coefficient (Wildman–Crippen LogP) is 0.961. The van der Waals surface area contributed by atoms with Gasteiger partial charge in [0.1, 0.15) is 5.82 Å². The molecule has 2 rings (SSSR count). The summed E-state index contributed by atoms with van der Waals surface area (Å²) in [4.78, 5) is 22.7. The van der Waals surface area contributed by atoms with Crippen molar-refractivity contribution in [2.24, 2.45) is 0 Å². The molecule has 0 radical (unpaired) electrons. The van der Waals surface area contributed by atoms with Crippen LogP contribution in [0.2, 0.25) is 0 Å². The van der Waals surface area contributed by atoms with Crippen LogP contribution in [0.3, 0.4) is 0 Å². The normalized spacial score (nSPS) is 10.0. The minimum atomic E-state index is -1.29. The third kappa shape index (κ3) is 3.26. The molecule has 9 nitrogen and oxygen atoms in total. The number of anilines is 1. The highest BCUT2D eigenvalue weighted by Gasteiger charge is 2.16. The number of methoxy groups -OCH3 is 2. The van der Waals surface area contributed by atoms with Gasteiger partial charge < -0.3 is 25.1 Å². The van der Waals surface area contributed by atoms with Gasteiger partial charge in [-0.05, 0) is 12.1 Å². The van der Waals surface area contributed by atoms with Gasteiger partial charge in [-0.25, -0.2) is 9.78 Å². The quantitative estimate of drug-likeness (QED) is 0.827. The number of carbonyl (C=O) groups is 1. The zero-order valence-corrected chi connectivity index (χ0v) is 11.2. The van der Waals surface area contributed by atoms with Gasteiger partial charge in [0.25, 0.3) is 0 Å². The number of nitrogen functional groups attached to an aromatic ring is 1. The maximum Gasteiger partial charge on any atom is 0.358 e. The molecule has 0 fully saturated rings. The van der Waals surface area contributed by atoms with Gasteiger partial charge in [0.05, 0.1) is 20.3 Å². The predicted molar refractivity (Wildman–Crippen MR) is 70.8 cm³/mol. The van der Waals surface area contributed by atoms with Crippen molar-refractivity contribution in [3.8, 4) is 23.5 Å². The van der Waals surface area contributed by atoms with Gasteiger partial charge in [0.2, 0.25) is 11.8 Å². The topological polar surface area (TPSA) is 130 Å². The minimum absolute atomic E-state index is 0.0491. The van der Waals surface area contributed by atoms with Gasteiger partial charge in [-0.3, -0.25) is 0 Å². The van der Waals surface area contributed by atoms with E-state index in [1.54, 1.807) is 0 Å². The summed E-state index contributed by atoms with van der Waals surface area (Å²) >= 11 is 0. The maximum atomic E-state index is 11.1. The standard InChI is InChI=1S/C12H12N4O5/c1-19-8-5-9(20-2)16-12(15-8)21-6-3-4-7(13)14-10(6)11(17)18/h3-5H,1-2H3,(H2,13,14)(H,17,18). The molecule has 0 spiro atoms. The van der Waals surface area contributed by atoms with Gasteiger partial charge in [0.15, 0.2) is 11.4 Å². The highest BCUT2D eigenvalue weighted by Crippen LogP contribution is 2.26. The van der Waals surface area contributed by atoms with Gasteiger partial charge in [0, 0.05) is 0 Å². The second-order valence-corrected chi connectivity index (χ2v) is 3.73. The molecule has 110 valence electrons. The van der Waals surface area contributed by atoms with Gasteiger partial charge >= 0.3 is 12.0 Å². The average Bonchev–Trinajstić information content (AvgIpc) is 2.48. The molecular formula is C12H12N4O5. The Morgan fingerprint density at radius 2 is 1.76 bits per heavy atom. The van der Waals surface area contributed by atoms with Crippen LogP contribution < -0.4 is 19.9 Å². The van der Waals surface area contributed by atoms with E-state index in [1.165, 1.54) is 32.4 Å². The van der Waals surface area contributed by atoms with Gasteiger partial charge in [-0.15, -0.1) is 0 Å². The highest BCUT2D eigenvalue weighted by molar-refractivity contribution is 5.89. The van der Waals surface area contributed by atoms with Crippen LogP contribution in [0.1, 0.15) is 10.5 Å². The van der Waals surface area contributed by atoms with E-state index in [1.807, 2.05) is 0 Å². The minimum Gasteiger partial charge on any atom is -0.481 e. The van der Waals surface area contributed by atoms with Crippen LogP contribution in [-0.2, 0) is 0 Å². The number of carboxylic acids is 1. The van der Waals surface area contributed by atoms with Crippen LogP contribution in [0, 0.1) is 0 Å². The lowest BCUT2D eigenvalue weighted by molar-refractivity contribution is 0.0687. The fraction of sp³-hybridized carbons (Fsp3) is 0.167. The second-order valence-electron chi connectivity index (χ2n) is 3.73. The van der Waals surface area contributed by atoms with Crippen LogP contribution in [0.15, 0.2) is 18.2 Å². The van der Waals surface area contributed by atoms with E-state index < -0.39 is 5.97 Å². The Morgan fingerprint density at radius 1 is 1.14 bits per heavy atom. The summed E-state index contributed by atoms with van der Waals surface area (Å²) in [5.74, 6) is -0.864. The average molecular weight is 292 g/mol. The summed E-state index contributed by atoms with van der Waals surface area (Å²) < 4.78 is 15.3. The second kappa shape index (κ2) is 5.90. The summed E-state index contributed by atoms with van der Waals surface area (Å²) in [7, 11) is 2.83. The van der Waals surface area contributed by atoms with E-state index in [4.69, 9.17) is 25.1 Å². The SMILES string of the molecule is COc1cc(OC)nc(Oc2ccc(N)nc2C(=O)O)n1. The fourth-order valence-corrected chi connectivity index (χ4v) is 1.43. The summed E-state index contributed by atoms with van der Waals surface area (Å²) in [6.07, 6.45) is 0. The molecule has 0 aliphatic rings. The molecule has 9 heteroatoms. The van der Waals surface area contributed by atoms with Crippen molar-refractivity contribution in [3.05, 3.63) is 23.9 Å². The summed E-state index contributed by atoms with van der Waals surface area (Å²) in [5.41, 5.74) is 5.10. The van der Waals surface area contributed by atoms with Gasteiger partial charge in [-0.2, -0.15) is 9.97 Å². The highest BCUT2D eigenvalue weighted by atomic mass is 16.5. The number of pyridine rings is 1. The largest absolute Gasteiger partial charge is 0.481 e. The van der Waals surface area contributed by atoms with E-state index >= 15 is 0 Å². The number of aromatic nitrogens is 3. The monoisotopic (exact) mass is 292 g/mol. The van der Waals surface area contributed by atoms with Crippen molar-refractivity contribution in [1.29, 1.82) is 0 Å². The van der Waals surface area contributed by atoms with Crippen molar-refractivity contribution in [1.82, 2.24) is 15.0 Å². The third-order valence-corrected chi connectivity index (χ3v) is 2.36. The number of nitrogens with zero attached hydrogens (tertiary/aromatic N) is 3. The Hall–Kier alpha value is -3.10. The first kappa shape index (κ1) is 14.3. The van der Waals surface area contributed by atoms with E-state index in [9.17, 15) is 4.79 Å². The molecule has 2 heterocycles. The Morgan fingerprint density at radius 3 is 2.29 bits per heavy atom. The Balaban J connectivity index is 2.40. The first-order chi connectivity index (χ1) is 10.0. The van der Waals surface area contributed by atoms with Crippen molar-refractivity contribution in [2.75, 3.05) is 20.0 Å². The van der Waals surface area contributed by atoms with Crippen molar-refractivity contribution in [2.45, 2.75) is 0 Å². The number of rotatable bonds is 5. The zero-order valence-electron chi connectivity index (χ0n) is 11.2. The first-order valence-electron chi connectivity index (χ1n) is 5.68. The molecule has 0 unspecified atom stereocenters. The van der Waals surface area contributed by atoms with Gasteiger partial charge in [-0.1, -0.05) is 0 Å². The maximum absolute atomic E-state index is 11.1. The first-order valence-corrected chi connectivity index (χ1v) is 5.68. The number of hydrogen-bond acceptors (Lipinski definition) is 8. The van der Waals surface area contributed by atoms with Crippen molar-refractivity contribution < 1.29 is 24.1 Å². The third-order valence-electron chi connectivity index (χ3n) is 2.36. The van der Waals surface area contributed by atoms with Crippen LogP contribution >= 0.6 is 0 Å². The summed E-state index contributed by atoms with van der Waals surface area (Å²) in [6.45, 7) is 0. The molecule has 2 aromatic rings. The van der Waals surface area contributed by atoms with E-state index in [0.29, 0.717) is 0 Å².